The molecule has 1 N–H and O–H groups in total. The number of hydrogen-bond acceptors (Lipinski definition) is 7. The summed E-state index contributed by atoms with van der Waals surface area (Å²) in [5.74, 6) is 1.21. The molecule has 10 heteroatoms. The van der Waals surface area contributed by atoms with Crippen LogP contribution in [-0.2, 0) is 22.9 Å². The first-order valence-corrected chi connectivity index (χ1v) is 11.5. The number of hydrogen-bond donors (Lipinski definition) is 1. The number of anilines is 1. The third kappa shape index (κ3) is 4.00. The largest absolute Gasteiger partial charge is 0.485 e. The molecule has 0 saturated carbocycles. The lowest BCUT2D eigenvalue weighted by molar-refractivity contribution is -0.184. The number of piperidine rings is 1. The second-order valence-corrected chi connectivity index (χ2v) is 9.49. The molecule has 5 heterocycles. The minimum absolute atomic E-state index is 0.311. The number of rotatable bonds is 3. The van der Waals surface area contributed by atoms with Crippen LogP contribution in [0.25, 0.3) is 11.3 Å². The SMILES string of the molecule is OC1(c2ccc(-c3cc4c(cn3)OC3(CCN(c5cnc(C(F)(F)F)cn5)CC3)C4)cc2)COC1. The summed E-state index contributed by atoms with van der Waals surface area (Å²) in [6.45, 7) is 1.85. The molecule has 3 aromatic rings. The molecule has 35 heavy (non-hydrogen) atoms. The number of aromatic nitrogens is 3. The summed E-state index contributed by atoms with van der Waals surface area (Å²) in [5.41, 5.74) is 1.48. The van der Waals surface area contributed by atoms with Gasteiger partial charge in [0.25, 0.3) is 0 Å². The molecule has 182 valence electrons. The van der Waals surface area contributed by atoms with E-state index in [1.807, 2.05) is 35.2 Å². The molecule has 6 rings (SSSR count). The molecule has 3 aliphatic heterocycles. The van der Waals surface area contributed by atoms with Crippen molar-refractivity contribution in [1.29, 1.82) is 0 Å². The van der Waals surface area contributed by atoms with Crippen molar-refractivity contribution in [3.63, 3.8) is 0 Å². The smallest absolute Gasteiger partial charge is 0.434 e. The van der Waals surface area contributed by atoms with Crippen LogP contribution in [0, 0.1) is 0 Å². The van der Waals surface area contributed by atoms with Crippen molar-refractivity contribution in [2.45, 2.75) is 36.6 Å². The molecule has 2 aromatic heterocycles. The van der Waals surface area contributed by atoms with Gasteiger partial charge < -0.3 is 19.5 Å². The number of ether oxygens (including phenoxy) is 2. The molecule has 1 aromatic carbocycles. The van der Waals surface area contributed by atoms with Gasteiger partial charge in [-0.15, -0.1) is 0 Å². The standard InChI is InChI=1S/C25H23F3N4O3/c26-25(27,28)21-12-31-22(13-30-21)32-7-5-23(6-8-32)10-17-9-19(29-11-20(17)35-23)16-1-3-18(4-2-16)24(33)14-34-15-24/h1-4,9,11-13,33H,5-8,10,14-15H2. The average molecular weight is 484 g/mol. The van der Waals surface area contributed by atoms with Gasteiger partial charge in [-0.3, -0.25) is 4.98 Å². The Kier molecular flexibility index (Phi) is 5.01. The maximum atomic E-state index is 12.8. The van der Waals surface area contributed by atoms with Crippen LogP contribution in [0.4, 0.5) is 19.0 Å². The highest BCUT2D eigenvalue weighted by Gasteiger charge is 2.43. The van der Waals surface area contributed by atoms with E-state index in [0.717, 1.165) is 53.6 Å². The van der Waals surface area contributed by atoms with Crippen LogP contribution in [0.2, 0.25) is 0 Å². The van der Waals surface area contributed by atoms with Crippen LogP contribution in [0.1, 0.15) is 29.7 Å². The Hall–Kier alpha value is -3.24. The zero-order valence-corrected chi connectivity index (χ0v) is 18.8. The Morgan fingerprint density at radius 1 is 0.943 bits per heavy atom. The minimum Gasteiger partial charge on any atom is -0.485 e. The lowest BCUT2D eigenvalue weighted by atomic mass is 9.87. The topological polar surface area (TPSA) is 80.6 Å². The molecule has 3 aliphatic rings. The predicted octanol–water partition coefficient (Wildman–Crippen LogP) is 3.75. The number of benzene rings is 1. The number of pyridine rings is 1. The van der Waals surface area contributed by atoms with Crippen molar-refractivity contribution in [3.8, 4) is 17.0 Å². The lowest BCUT2D eigenvalue weighted by Gasteiger charge is -2.39. The van der Waals surface area contributed by atoms with Crippen LogP contribution in [0.5, 0.6) is 5.75 Å². The van der Waals surface area contributed by atoms with E-state index in [1.54, 1.807) is 6.20 Å². The molecule has 0 radical (unpaired) electrons. The van der Waals surface area contributed by atoms with Gasteiger partial charge in [0.15, 0.2) is 5.69 Å². The van der Waals surface area contributed by atoms with E-state index in [-0.39, 0.29) is 5.60 Å². The maximum absolute atomic E-state index is 12.8. The van der Waals surface area contributed by atoms with E-state index in [2.05, 4.69) is 15.0 Å². The summed E-state index contributed by atoms with van der Waals surface area (Å²) in [4.78, 5) is 14.0. The van der Waals surface area contributed by atoms with Crippen molar-refractivity contribution in [1.82, 2.24) is 15.0 Å². The van der Waals surface area contributed by atoms with Crippen LogP contribution in [-0.4, -0.2) is 52.0 Å². The highest BCUT2D eigenvalue weighted by atomic mass is 19.4. The first kappa shape index (κ1) is 22.2. The molecule has 0 aliphatic carbocycles. The summed E-state index contributed by atoms with van der Waals surface area (Å²) in [6, 6.07) is 9.77. The van der Waals surface area contributed by atoms with Gasteiger partial charge in [0, 0.05) is 43.5 Å². The number of alkyl halides is 3. The van der Waals surface area contributed by atoms with Gasteiger partial charge in [-0.25, -0.2) is 9.97 Å². The van der Waals surface area contributed by atoms with Crippen LogP contribution in [0.15, 0.2) is 48.9 Å². The van der Waals surface area contributed by atoms with Crippen molar-refractivity contribution in [2.24, 2.45) is 0 Å². The zero-order chi connectivity index (χ0) is 24.3. The summed E-state index contributed by atoms with van der Waals surface area (Å²) < 4.78 is 49.7. The Bertz CT molecular complexity index is 1240. The van der Waals surface area contributed by atoms with Gasteiger partial charge in [0.1, 0.15) is 22.8 Å². The van der Waals surface area contributed by atoms with Crippen LogP contribution >= 0.6 is 0 Å². The summed E-state index contributed by atoms with van der Waals surface area (Å²) in [6.07, 6.45) is 1.41. The quantitative estimate of drug-likeness (QED) is 0.607. The number of halogens is 3. The molecule has 2 saturated heterocycles. The first-order chi connectivity index (χ1) is 16.7. The van der Waals surface area contributed by atoms with E-state index in [1.165, 1.54) is 6.20 Å². The van der Waals surface area contributed by atoms with Gasteiger partial charge in [-0.2, -0.15) is 13.2 Å². The molecule has 0 unspecified atom stereocenters. The third-order valence-electron chi connectivity index (χ3n) is 7.11. The van der Waals surface area contributed by atoms with E-state index < -0.39 is 17.5 Å². The van der Waals surface area contributed by atoms with Crippen molar-refractivity contribution < 1.29 is 27.8 Å². The fourth-order valence-electron chi connectivity index (χ4n) is 4.96. The molecule has 0 bridgehead atoms. The van der Waals surface area contributed by atoms with E-state index in [9.17, 15) is 18.3 Å². The van der Waals surface area contributed by atoms with Gasteiger partial charge in [-0.1, -0.05) is 24.3 Å². The average Bonchev–Trinajstić information content (AvgIpc) is 3.19. The maximum Gasteiger partial charge on any atom is 0.434 e. The highest BCUT2D eigenvalue weighted by Crippen LogP contribution is 2.42. The Balaban J connectivity index is 1.13. The molecule has 7 nitrogen and oxygen atoms in total. The summed E-state index contributed by atoms with van der Waals surface area (Å²) in [5, 5.41) is 10.4. The molecule has 0 atom stereocenters. The Morgan fingerprint density at radius 3 is 2.29 bits per heavy atom. The normalized spacial score (nSPS) is 20.3. The van der Waals surface area contributed by atoms with Gasteiger partial charge >= 0.3 is 6.18 Å². The molecule has 1 spiro atoms. The lowest BCUT2D eigenvalue weighted by Crippen LogP contribution is -2.47. The third-order valence-corrected chi connectivity index (χ3v) is 7.11. The second-order valence-electron chi connectivity index (χ2n) is 9.49. The molecular formula is C25H23F3N4O3. The van der Waals surface area contributed by atoms with E-state index in [4.69, 9.17) is 9.47 Å². The van der Waals surface area contributed by atoms with Gasteiger partial charge in [-0.05, 0) is 11.6 Å². The second kappa shape index (κ2) is 7.89. The molecular weight excluding hydrogens is 461 g/mol. The minimum atomic E-state index is -4.50. The highest BCUT2D eigenvalue weighted by molar-refractivity contribution is 5.62. The van der Waals surface area contributed by atoms with Crippen LogP contribution < -0.4 is 9.64 Å². The monoisotopic (exact) mass is 484 g/mol. The number of aliphatic hydroxyl groups is 1. The molecule has 0 amide bonds. The van der Waals surface area contributed by atoms with Crippen LogP contribution in [0.3, 0.4) is 0 Å². The van der Waals surface area contributed by atoms with E-state index in [0.29, 0.717) is 32.1 Å². The van der Waals surface area contributed by atoms with Crippen molar-refractivity contribution in [2.75, 3.05) is 31.2 Å². The first-order valence-electron chi connectivity index (χ1n) is 11.5. The number of fused-ring (bicyclic) bond motifs is 1. The summed E-state index contributed by atoms with van der Waals surface area (Å²) >= 11 is 0. The van der Waals surface area contributed by atoms with Gasteiger partial charge in [0.05, 0.1) is 37.5 Å². The zero-order valence-electron chi connectivity index (χ0n) is 18.8. The summed E-state index contributed by atoms with van der Waals surface area (Å²) in [7, 11) is 0. The van der Waals surface area contributed by atoms with Crippen molar-refractivity contribution >= 4 is 5.82 Å². The predicted molar refractivity (Wildman–Crippen MR) is 120 cm³/mol. The Morgan fingerprint density at radius 2 is 1.69 bits per heavy atom. The molecule has 2 fully saturated rings. The number of nitrogens with zero attached hydrogens (tertiary/aromatic N) is 4. The fraction of sp³-hybridized carbons (Fsp3) is 0.400. The van der Waals surface area contributed by atoms with E-state index >= 15 is 0 Å². The fourth-order valence-corrected chi connectivity index (χ4v) is 4.96. The Labute approximate surface area is 199 Å². The van der Waals surface area contributed by atoms with Gasteiger partial charge in [0.2, 0.25) is 0 Å². The van der Waals surface area contributed by atoms with Crippen molar-refractivity contribution in [3.05, 3.63) is 65.7 Å².